The van der Waals surface area contributed by atoms with Crippen LogP contribution in [-0.2, 0) is 13.5 Å². The lowest BCUT2D eigenvalue weighted by atomic mass is 9.89. The van der Waals surface area contributed by atoms with Crippen molar-refractivity contribution in [2.24, 2.45) is 7.05 Å². The van der Waals surface area contributed by atoms with E-state index >= 15 is 0 Å². The number of hydrogen-bond acceptors (Lipinski definition) is 3. The minimum absolute atomic E-state index is 0.699. The van der Waals surface area contributed by atoms with E-state index in [0.717, 1.165) is 6.04 Å². The summed E-state index contributed by atoms with van der Waals surface area (Å²) in [7, 11) is 2.17. The van der Waals surface area contributed by atoms with Gasteiger partial charge in [0, 0.05) is 60.6 Å². The van der Waals surface area contributed by atoms with E-state index in [9.17, 15) is 0 Å². The van der Waals surface area contributed by atoms with Crippen molar-refractivity contribution in [3.63, 3.8) is 0 Å². The molecule has 4 heterocycles. The summed E-state index contributed by atoms with van der Waals surface area (Å²) in [6, 6.07) is 16.6. The molecule has 3 aliphatic rings. The maximum atomic E-state index is 2.78. The van der Waals surface area contributed by atoms with Gasteiger partial charge in [-0.1, -0.05) is 30.3 Å². The van der Waals surface area contributed by atoms with Crippen LogP contribution in [0.15, 0.2) is 53.6 Å². The number of fused-ring (bicyclic) bond motifs is 4. The van der Waals surface area contributed by atoms with Gasteiger partial charge >= 0.3 is 0 Å². The Morgan fingerprint density at radius 1 is 1.07 bits per heavy atom. The van der Waals surface area contributed by atoms with Gasteiger partial charge in [-0.25, -0.2) is 0 Å². The number of likely N-dealkylation sites (tertiary alicyclic amines) is 1. The first-order valence-corrected chi connectivity index (χ1v) is 12.6. The Hall–Kier alpha value is -1.91. The van der Waals surface area contributed by atoms with Crippen LogP contribution in [-0.4, -0.2) is 47.4 Å². The molecular formula is C26H31N3S. The maximum Gasteiger partial charge on any atom is 0.0543 e. The van der Waals surface area contributed by atoms with Crippen LogP contribution in [0.4, 0.5) is 5.69 Å². The quantitative estimate of drug-likeness (QED) is 0.572. The van der Waals surface area contributed by atoms with E-state index in [1.54, 1.807) is 11.3 Å². The summed E-state index contributed by atoms with van der Waals surface area (Å²) in [6.45, 7) is 4.96. The van der Waals surface area contributed by atoms with Gasteiger partial charge in [-0.15, -0.1) is 11.8 Å². The molecule has 0 saturated carbocycles. The van der Waals surface area contributed by atoms with Crippen molar-refractivity contribution in [1.29, 1.82) is 0 Å². The molecule has 0 aliphatic carbocycles. The van der Waals surface area contributed by atoms with Crippen molar-refractivity contribution >= 4 is 28.4 Å². The zero-order valence-electron chi connectivity index (χ0n) is 17.9. The predicted octanol–water partition coefficient (Wildman–Crippen LogP) is 5.28. The highest BCUT2D eigenvalue weighted by Crippen LogP contribution is 2.50. The molecule has 0 N–H and O–H groups in total. The molecule has 3 aromatic rings. The molecule has 0 radical (unpaired) electrons. The molecule has 1 saturated heterocycles. The number of benzene rings is 2. The highest BCUT2D eigenvalue weighted by atomic mass is 32.2. The number of hydrogen-bond donors (Lipinski definition) is 0. The van der Waals surface area contributed by atoms with Gasteiger partial charge in [-0.3, -0.25) is 0 Å². The van der Waals surface area contributed by atoms with Gasteiger partial charge in [-0.2, -0.15) is 0 Å². The standard InChI is InChI=1S/C26H31N3S/c1-27-17-19(20-8-2-3-10-23(20)27)7-5-13-28-15-12-24-22(18-28)21-9-4-11-25-26(21)29(24)14-6-16-30-25/h2-4,8-11,17,22,24H,5-7,12-16,18H2,1H3/t22-,24-/m1/s1. The zero-order chi connectivity index (χ0) is 20.1. The van der Waals surface area contributed by atoms with Crippen molar-refractivity contribution in [2.45, 2.75) is 42.5 Å². The van der Waals surface area contributed by atoms with Gasteiger partial charge in [0.15, 0.2) is 0 Å². The number of nitrogens with zero attached hydrogens (tertiary/aromatic N) is 3. The topological polar surface area (TPSA) is 11.4 Å². The third kappa shape index (κ3) is 3.07. The molecule has 3 nitrogen and oxygen atoms in total. The van der Waals surface area contributed by atoms with Crippen LogP contribution in [0, 0.1) is 0 Å². The number of piperidine rings is 1. The summed E-state index contributed by atoms with van der Waals surface area (Å²) in [5.74, 6) is 1.97. The Morgan fingerprint density at radius 2 is 2.00 bits per heavy atom. The minimum Gasteiger partial charge on any atom is -0.367 e. The van der Waals surface area contributed by atoms with E-state index in [0.29, 0.717) is 5.92 Å². The lowest BCUT2D eigenvalue weighted by molar-refractivity contribution is 0.191. The van der Waals surface area contributed by atoms with Crippen molar-refractivity contribution in [1.82, 2.24) is 9.47 Å². The molecule has 1 fully saturated rings. The Labute approximate surface area is 184 Å². The SMILES string of the molecule is Cn1cc(CCCN2CC[C@@H]3[C@H](C2)c2cccc4c2N3CCCS4)c2ccccc21. The molecule has 156 valence electrons. The van der Waals surface area contributed by atoms with Gasteiger partial charge in [0.1, 0.15) is 0 Å². The van der Waals surface area contributed by atoms with Gasteiger partial charge < -0.3 is 14.4 Å². The highest BCUT2D eigenvalue weighted by molar-refractivity contribution is 7.99. The molecule has 3 aliphatic heterocycles. The van der Waals surface area contributed by atoms with Crippen LogP contribution in [0.2, 0.25) is 0 Å². The molecule has 0 spiro atoms. The normalized spacial score (nSPS) is 23.4. The summed E-state index contributed by atoms with van der Waals surface area (Å²) in [5, 5.41) is 1.43. The molecule has 0 amide bonds. The monoisotopic (exact) mass is 417 g/mol. The smallest absolute Gasteiger partial charge is 0.0543 e. The van der Waals surface area contributed by atoms with E-state index in [1.165, 1.54) is 79.0 Å². The largest absolute Gasteiger partial charge is 0.367 e. The molecule has 6 rings (SSSR count). The predicted molar refractivity (Wildman–Crippen MR) is 128 cm³/mol. The number of aryl methyl sites for hydroxylation is 2. The fraction of sp³-hybridized carbons (Fsp3) is 0.462. The summed E-state index contributed by atoms with van der Waals surface area (Å²) in [5.41, 5.74) is 6.08. The zero-order valence-corrected chi connectivity index (χ0v) is 18.7. The van der Waals surface area contributed by atoms with Gasteiger partial charge in [0.05, 0.1) is 5.69 Å². The molecule has 1 aromatic heterocycles. The maximum absolute atomic E-state index is 2.78. The van der Waals surface area contributed by atoms with Gasteiger partial charge in [0.2, 0.25) is 0 Å². The third-order valence-corrected chi connectivity index (χ3v) is 8.61. The number of para-hydroxylation sites is 2. The lowest BCUT2D eigenvalue weighted by Gasteiger charge is -2.39. The van der Waals surface area contributed by atoms with Crippen LogP contribution in [0.5, 0.6) is 0 Å². The summed E-state index contributed by atoms with van der Waals surface area (Å²) in [4.78, 5) is 7.05. The Balaban J connectivity index is 1.15. The van der Waals surface area contributed by atoms with E-state index in [-0.39, 0.29) is 0 Å². The highest BCUT2D eigenvalue weighted by Gasteiger charge is 2.43. The molecule has 30 heavy (non-hydrogen) atoms. The average molecular weight is 418 g/mol. The first-order chi connectivity index (χ1) is 14.8. The Kier molecular flexibility index (Phi) is 4.80. The van der Waals surface area contributed by atoms with Crippen molar-refractivity contribution in [3.05, 3.63) is 59.8 Å². The fourth-order valence-electron chi connectivity index (χ4n) is 6.13. The van der Waals surface area contributed by atoms with Crippen LogP contribution >= 0.6 is 11.8 Å². The van der Waals surface area contributed by atoms with E-state index in [1.807, 2.05) is 0 Å². The van der Waals surface area contributed by atoms with Crippen molar-refractivity contribution in [2.75, 3.05) is 36.8 Å². The van der Waals surface area contributed by atoms with E-state index in [4.69, 9.17) is 0 Å². The van der Waals surface area contributed by atoms with Crippen LogP contribution < -0.4 is 4.90 Å². The second-order valence-corrected chi connectivity index (χ2v) is 10.4. The number of aromatic nitrogens is 1. The molecule has 2 aromatic carbocycles. The van der Waals surface area contributed by atoms with Crippen molar-refractivity contribution < 1.29 is 0 Å². The molecular weight excluding hydrogens is 386 g/mol. The molecule has 2 atom stereocenters. The van der Waals surface area contributed by atoms with Gasteiger partial charge in [-0.05, 0) is 61.2 Å². The molecule has 4 heteroatoms. The Morgan fingerprint density at radius 3 is 2.97 bits per heavy atom. The summed E-state index contributed by atoms with van der Waals surface area (Å²) >= 11 is 2.07. The van der Waals surface area contributed by atoms with Crippen LogP contribution in [0.25, 0.3) is 10.9 Å². The van der Waals surface area contributed by atoms with E-state index in [2.05, 4.69) is 81.8 Å². The second-order valence-electron chi connectivity index (χ2n) is 9.24. The van der Waals surface area contributed by atoms with Crippen molar-refractivity contribution in [3.8, 4) is 0 Å². The van der Waals surface area contributed by atoms with Crippen LogP contribution in [0.1, 0.15) is 36.3 Å². The summed E-state index contributed by atoms with van der Waals surface area (Å²) in [6.07, 6.45) is 7.39. The summed E-state index contributed by atoms with van der Waals surface area (Å²) < 4.78 is 2.28. The number of anilines is 1. The van der Waals surface area contributed by atoms with Crippen LogP contribution in [0.3, 0.4) is 0 Å². The van der Waals surface area contributed by atoms with E-state index < -0.39 is 0 Å². The van der Waals surface area contributed by atoms with Gasteiger partial charge in [0.25, 0.3) is 0 Å². The third-order valence-electron chi connectivity index (χ3n) is 7.48. The Bertz CT molecular complexity index is 1070. The minimum atomic E-state index is 0.699. The average Bonchev–Trinajstić information content (AvgIpc) is 3.16. The number of thioether (sulfide) groups is 1. The molecule has 0 bridgehead atoms. The fourth-order valence-corrected chi connectivity index (χ4v) is 7.17. The molecule has 0 unspecified atom stereocenters. The number of rotatable bonds is 4. The lowest BCUT2D eigenvalue weighted by Crippen LogP contribution is -2.46. The second kappa shape index (κ2) is 7.65. The first-order valence-electron chi connectivity index (χ1n) is 11.6. The first kappa shape index (κ1) is 18.8.